The Balaban J connectivity index is 2.35. The van der Waals surface area contributed by atoms with E-state index in [-0.39, 0.29) is 16.2 Å². The van der Waals surface area contributed by atoms with Crippen LogP contribution in [0.25, 0.3) is 0 Å². The molecule has 1 heterocycles. The van der Waals surface area contributed by atoms with Crippen LogP contribution in [-0.2, 0) is 10.0 Å². The maximum Gasteiger partial charge on any atom is 0.336 e. The molecule has 7 nitrogen and oxygen atoms in total. The van der Waals surface area contributed by atoms with E-state index < -0.39 is 21.6 Å². The van der Waals surface area contributed by atoms with Gasteiger partial charge in [0.15, 0.2) is 0 Å². The van der Waals surface area contributed by atoms with Crippen molar-refractivity contribution in [3.63, 3.8) is 0 Å². The van der Waals surface area contributed by atoms with Crippen LogP contribution in [0.5, 0.6) is 0 Å². The standard InChI is InChI=1S/C18H22N2O5S/c1-5-20(6-2)26(23,24)15-9-7-8-14(11-15)19-18(22)17-12(3)10-16(21)25-13(17)4/h7-11H,5-6H2,1-4H3,(H,19,22). The second-order valence-electron chi connectivity index (χ2n) is 5.75. The van der Waals surface area contributed by atoms with Gasteiger partial charge in [0.25, 0.3) is 5.91 Å². The molecular formula is C18H22N2O5S. The third kappa shape index (κ3) is 4.03. The number of anilines is 1. The van der Waals surface area contributed by atoms with Crippen LogP contribution in [0.3, 0.4) is 0 Å². The normalized spacial score (nSPS) is 11.6. The Labute approximate surface area is 152 Å². The van der Waals surface area contributed by atoms with Gasteiger partial charge < -0.3 is 9.73 Å². The van der Waals surface area contributed by atoms with Gasteiger partial charge in [0.05, 0.1) is 10.5 Å². The van der Waals surface area contributed by atoms with Gasteiger partial charge in [-0.2, -0.15) is 4.31 Å². The predicted molar refractivity (Wildman–Crippen MR) is 99.0 cm³/mol. The highest BCUT2D eigenvalue weighted by Gasteiger charge is 2.22. The van der Waals surface area contributed by atoms with Crippen LogP contribution >= 0.6 is 0 Å². The number of hydrogen-bond donors (Lipinski definition) is 1. The van der Waals surface area contributed by atoms with Gasteiger partial charge in [-0.25, -0.2) is 13.2 Å². The molecule has 0 spiro atoms. The van der Waals surface area contributed by atoms with Crippen LogP contribution in [0.4, 0.5) is 5.69 Å². The number of amides is 1. The van der Waals surface area contributed by atoms with Crippen LogP contribution in [0.1, 0.15) is 35.5 Å². The van der Waals surface area contributed by atoms with Crippen molar-refractivity contribution in [1.29, 1.82) is 0 Å². The maximum absolute atomic E-state index is 12.6. The fraction of sp³-hybridized carbons (Fsp3) is 0.333. The smallest absolute Gasteiger partial charge is 0.336 e. The topological polar surface area (TPSA) is 96.7 Å². The number of rotatable bonds is 6. The van der Waals surface area contributed by atoms with Crippen molar-refractivity contribution in [2.24, 2.45) is 0 Å². The van der Waals surface area contributed by atoms with Crippen molar-refractivity contribution in [3.05, 3.63) is 57.6 Å². The minimum absolute atomic E-state index is 0.104. The summed E-state index contributed by atoms with van der Waals surface area (Å²) in [6.45, 7) is 7.42. The lowest BCUT2D eigenvalue weighted by Crippen LogP contribution is -2.30. The monoisotopic (exact) mass is 378 g/mol. The summed E-state index contributed by atoms with van der Waals surface area (Å²) in [4.78, 5) is 24.0. The third-order valence-corrected chi connectivity index (χ3v) is 6.04. The van der Waals surface area contributed by atoms with E-state index in [4.69, 9.17) is 4.42 Å². The molecule has 0 aliphatic rings. The lowest BCUT2D eigenvalue weighted by atomic mass is 10.1. The second kappa shape index (κ2) is 7.84. The van der Waals surface area contributed by atoms with Crippen LogP contribution < -0.4 is 10.9 Å². The van der Waals surface area contributed by atoms with E-state index in [0.717, 1.165) is 0 Å². The summed E-state index contributed by atoms with van der Waals surface area (Å²) in [5.74, 6) is -0.263. The Morgan fingerprint density at radius 2 is 1.81 bits per heavy atom. The zero-order valence-electron chi connectivity index (χ0n) is 15.2. The largest absolute Gasteiger partial charge is 0.427 e. The molecule has 1 aromatic heterocycles. The molecule has 2 rings (SSSR count). The summed E-state index contributed by atoms with van der Waals surface area (Å²) in [6.07, 6.45) is 0. The molecule has 1 amide bonds. The number of aryl methyl sites for hydroxylation is 2. The summed E-state index contributed by atoms with van der Waals surface area (Å²) >= 11 is 0. The first-order valence-corrected chi connectivity index (χ1v) is 9.67. The first-order chi connectivity index (χ1) is 12.2. The Kier molecular flexibility index (Phi) is 5.99. The molecule has 0 saturated carbocycles. The van der Waals surface area contributed by atoms with E-state index >= 15 is 0 Å². The molecule has 0 saturated heterocycles. The molecule has 1 aromatic carbocycles. The lowest BCUT2D eigenvalue weighted by Gasteiger charge is -2.19. The maximum atomic E-state index is 12.6. The highest BCUT2D eigenvalue weighted by atomic mass is 32.2. The molecule has 0 radical (unpaired) electrons. The van der Waals surface area contributed by atoms with Crippen molar-refractivity contribution < 1.29 is 17.6 Å². The van der Waals surface area contributed by atoms with Crippen LogP contribution in [0.15, 0.2) is 44.4 Å². The van der Waals surface area contributed by atoms with E-state index in [2.05, 4.69) is 5.32 Å². The molecular weight excluding hydrogens is 356 g/mol. The first-order valence-electron chi connectivity index (χ1n) is 8.23. The molecule has 0 aliphatic heterocycles. The Morgan fingerprint density at radius 3 is 2.38 bits per heavy atom. The third-order valence-electron chi connectivity index (χ3n) is 4.00. The van der Waals surface area contributed by atoms with Gasteiger partial charge >= 0.3 is 5.63 Å². The molecule has 0 atom stereocenters. The van der Waals surface area contributed by atoms with E-state index in [1.165, 1.54) is 29.4 Å². The number of carbonyl (C=O) groups excluding carboxylic acids is 1. The fourth-order valence-electron chi connectivity index (χ4n) is 2.74. The van der Waals surface area contributed by atoms with E-state index in [0.29, 0.717) is 24.3 Å². The van der Waals surface area contributed by atoms with Crippen LogP contribution in [0, 0.1) is 13.8 Å². The van der Waals surface area contributed by atoms with Gasteiger partial charge in [0.1, 0.15) is 5.76 Å². The van der Waals surface area contributed by atoms with Crippen molar-refractivity contribution in [1.82, 2.24) is 4.31 Å². The van der Waals surface area contributed by atoms with Crippen molar-refractivity contribution in [2.45, 2.75) is 32.6 Å². The van der Waals surface area contributed by atoms with Gasteiger partial charge in [0, 0.05) is 24.8 Å². The van der Waals surface area contributed by atoms with Gasteiger partial charge in [-0.1, -0.05) is 19.9 Å². The Bertz CT molecular complexity index is 949. The summed E-state index contributed by atoms with van der Waals surface area (Å²) in [6, 6.07) is 7.31. The van der Waals surface area contributed by atoms with Gasteiger partial charge in [0.2, 0.25) is 10.0 Å². The van der Waals surface area contributed by atoms with Crippen molar-refractivity contribution >= 4 is 21.6 Å². The van der Waals surface area contributed by atoms with Gasteiger partial charge in [-0.15, -0.1) is 0 Å². The zero-order chi connectivity index (χ0) is 19.5. The predicted octanol–water partition coefficient (Wildman–Crippen LogP) is 2.54. The minimum Gasteiger partial charge on any atom is -0.427 e. The fourth-order valence-corrected chi connectivity index (χ4v) is 4.24. The molecule has 8 heteroatoms. The van der Waals surface area contributed by atoms with E-state index in [1.54, 1.807) is 32.9 Å². The molecule has 0 aliphatic carbocycles. The number of carbonyl (C=O) groups is 1. The highest BCUT2D eigenvalue weighted by Crippen LogP contribution is 2.21. The molecule has 1 N–H and O–H groups in total. The van der Waals surface area contributed by atoms with Crippen molar-refractivity contribution in [3.8, 4) is 0 Å². The number of nitrogens with one attached hydrogen (secondary N) is 1. The van der Waals surface area contributed by atoms with Gasteiger partial charge in [-0.3, -0.25) is 4.79 Å². The molecule has 0 bridgehead atoms. The number of hydrogen-bond acceptors (Lipinski definition) is 5. The second-order valence-corrected chi connectivity index (χ2v) is 7.69. The SMILES string of the molecule is CCN(CC)S(=O)(=O)c1cccc(NC(=O)c2c(C)cc(=O)oc2C)c1. The van der Waals surface area contributed by atoms with Crippen LogP contribution in [-0.4, -0.2) is 31.7 Å². The first kappa shape index (κ1) is 19.9. The molecule has 0 fully saturated rings. The number of sulfonamides is 1. The quantitative estimate of drug-likeness (QED) is 0.833. The van der Waals surface area contributed by atoms with E-state index in [9.17, 15) is 18.0 Å². The van der Waals surface area contributed by atoms with Crippen LogP contribution in [0.2, 0.25) is 0 Å². The Hall–Kier alpha value is -2.45. The number of nitrogens with zero attached hydrogens (tertiary/aromatic N) is 1. The summed E-state index contributed by atoms with van der Waals surface area (Å²) < 4.78 is 31.5. The molecule has 26 heavy (non-hydrogen) atoms. The summed E-state index contributed by atoms with van der Waals surface area (Å²) in [5.41, 5.74) is 0.557. The Morgan fingerprint density at radius 1 is 1.15 bits per heavy atom. The highest BCUT2D eigenvalue weighted by molar-refractivity contribution is 7.89. The molecule has 0 unspecified atom stereocenters. The minimum atomic E-state index is -3.62. The summed E-state index contributed by atoms with van der Waals surface area (Å²) in [5, 5.41) is 2.66. The average molecular weight is 378 g/mol. The average Bonchev–Trinajstić information content (AvgIpc) is 2.55. The van der Waals surface area contributed by atoms with E-state index in [1.807, 2.05) is 0 Å². The van der Waals surface area contributed by atoms with Crippen molar-refractivity contribution in [2.75, 3.05) is 18.4 Å². The molecule has 140 valence electrons. The zero-order valence-corrected chi connectivity index (χ0v) is 16.0. The summed E-state index contributed by atoms with van der Waals surface area (Å²) in [7, 11) is -3.62. The number of benzene rings is 1. The molecule has 2 aromatic rings. The lowest BCUT2D eigenvalue weighted by molar-refractivity contribution is 0.102. The van der Waals surface area contributed by atoms with Gasteiger partial charge in [-0.05, 0) is 37.6 Å².